The average Bonchev–Trinajstić information content (AvgIpc) is 2.93. The molecule has 3 rings (SSSR count). The lowest BCUT2D eigenvalue weighted by Crippen LogP contribution is -2.22. The van der Waals surface area contributed by atoms with Gasteiger partial charge in [0.15, 0.2) is 0 Å². The summed E-state index contributed by atoms with van der Waals surface area (Å²) in [6.07, 6.45) is 1.95. The van der Waals surface area contributed by atoms with Gasteiger partial charge >= 0.3 is 0 Å². The van der Waals surface area contributed by atoms with Gasteiger partial charge in [0.2, 0.25) is 0 Å². The summed E-state index contributed by atoms with van der Waals surface area (Å²) in [4.78, 5) is 19.7. The third kappa shape index (κ3) is 3.29. The lowest BCUT2D eigenvalue weighted by molar-refractivity contribution is 0.102. The first kappa shape index (κ1) is 18.0. The highest BCUT2D eigenvalue weighted by molar-refractivity contribution is 6.05. The highest BCUT2D eigenvalue weighted by atomic mass is 16.2. The highest BCUT2D eigenvalue weighted by Crippen LogP contribution is 2.24. The van der Waals surface area contributed by atoms with Gasteiger partial charge in [-0.05, 0) is 70.0 Å². The third-order valence-electron chi connectivity index (χ3n) is 4.74. The van der Waals surface area contributed by atoms with E-state index < -0.39 is 0 Å². The van der Waals surface area contributed by atoms with E-state index in [1.807, 2.05) is 49.6 Å². The van der Waals surface area contributed by atoms with E-state index in [-0.39, 0.29) is 5.91 Å². The molecule has 26 heavy (non-hydrogen) atoms. The van der Waals surface area contributed by atoms with E-state index in [4.69, 9.17) is 0 Å². The van der Waals surface area contributed by atoms with Crippen molar-refractivity contribution in [2.24, 2.45) is 0 Å². The number of imidazole rings is 1. The van der Waals surface area contributed by atoms with Gasteiger partial charge in [-0.1, -0.05) is 6.07 Å². The smallest absolute Gasteiger partial charge is 0.274 e. The summed E-state index contributed by atoms with van der Waals surface area (Å²) in [5.41, 5.74) is 6.22. The molecule has 0 aliphatic carbocycles. The second-order valence-electron chi connectivity index (χ2n) is 6.61. The van der Waals surface area contributed by atoms with Crippen molar-refractivity contribution in [1.82, 2.24) is 9.38 Å². The molecule has 0 bridgehead atoms. The first-order valence-corrected chi connectivity index (χ1v) is 9.06. The van der Waals surface area contributed by atoms with Gasteiger partial charge in [-0.2, -0.15) is 0 Å². The summed E-state index contributed by atoms with van der Waals surface area (Å²) in [6, 6.07) is 10.1. The molecule has 0 fully saturated rings. The number of hydrogen-bond acceptors (Lipinski definition) is 3. The number of nitrogens with one attached hydrogen (secondary N) is 1. The summed E-state index contributed by atoms with van der Waals surface area (Å²) in [6.45, 7) is 12.1. The Kier molecular flexibility index (Phi) is 4.98. The van der Waals surface area contributed by atoms with Crippen LogP contribution in [0.1, 0.15) is 41.2 Å². The SMILES string of the molecule is CCN(CC)c1ccc(NC(=O)c2c(C)nc3ccc(C)cn23)c(C)c1. The monoisotopic (exact) mass is 350 g/mol. The molecule has 5 nitrogen and oxygen atoms in total. The second-order valence-corrected chi connectivity index (χ2v) is 6.61. The number of carbonyl (C=O) groups excluding carboxylic acids is 1. The van der Waals surface area contributed by atoms with E-state index in [0.29, 0.717) is 5.69 Å². The van der Waals surface area contributed by atoms with Crippen LogP contribution >= 0.6 is 0 Å². The van der Waals surface area contributed by atoms with Crippen molar-refractivity contribution < 1.29 is 4.79 Å². The Labute approximate surface area is 154 Å². The molecule has 0 atom stereocenters. The number of fused-ring (bicyclic) bond motifs is 1. The Morgan fingerprint density at radius 3 is 2.50 bits per heavy atom. The minimum Gasteiger partial charge on any atom is -0.372 e. The lowest BCUT2D eigenvalue weighted by atomic mass is 10.1. The molecule has 0 aliphatic heterocycles. The Hall–Kier alpha value is -2.82. The molecule has 0 saturated heterocycles. The minimum absolute atomic E-state index is 0.140. The first-order valence-electron chi connectivity index (χ1n) is 9.06. The Balaban J connectivity index is 1.91. The fourth-order valence-electron chi connectivity index (χ4n) is 3.30. The Bertz CT molecular complexity index is 954. The van der Waals surface area contributed by atoms with Gasteiger partial charge in [0.05, 0.1) is 5.69 Å². The van der Waals surface area contributed by atoms with Gasteiger partial charge in [-0.15, -0.1) is 0 Å². The molecule has 0 saturated carbocycles. The summed E-state index contributed by atoms with van der Waals surface area (Å²) < 4.78 is 1.86. The summed E-state index contributed by atoms with van der Waals surface area (Å²) in [5.74, 6) is -0.140. The largest absolute Gasteiger partial charge is 0.372 e. The van der Waals surface area contributed by atoms with E-state index in [9.17, 15) is 4.79 Å². The molecular formula is C21H26N4O. The van der Waals surface area contributed by atoms with Crippen molar-refractivity contribution >= 4 is 22.9 Å². The van der Waals surface area contributed by atoms with Gasteiger partial charge in [0.25, 0.3) is 5.91 Å². The molecule has 1 amide bonds. The molecular weight excluding hydrogens is 324 g/mol. The van der Waals surface area contributed by atoms with Crippen LogP contribution in [-0.4, -0.2) is 28.4 Å². The zero-order valence-corrected chi connectivity index (χ0v) is 16.1. The van der Waals surface area contributed by atoms with Gasteiger partial charge < -0.3 is 10.2 Å². The van der Waals surface area contributed by atoms with Crippen LogP contribution in [0.25, 0.3) is 5.65 Å². The van der Waals surface area contributed by atoms with Crippen LogP contribution in [0.5, 0.6) is 0 Å². The lowest BCUT2D eigenvalue weighted by Gasteiger charge is -2.22. The van der Waals surface area contributed by atoms with Gasteiger partial charge in [-0.3, -0.25) is 9.20 Å². The van der Waals surface area contributed by atoms with Crippen LogP contribution < -0.4 is 10.2 Å². The molecule has 2 aromatic heterocycles. The Morgan fingerprint density at radius 2 is 1.85 bits per heavy atom. The molecule has 136 valence electrons. The number of benzene rings is 1. The molecule has 0 aliphatic rings. The molecule has 0 spiro atoms. The van der Waals surface area contributed by atoms with Crippen LogP contribution in [0, 0.1) is 20.8 Å². The van der Waals surface area contributed by atoms with Gasteiger partial charge in [-0.25, -0.2) is 4.98 Å². The van der Waals surface area contributed by atoms with Crippen molar-refractivity contribution in [2.45, 2.75) is 34.6 Å². The second kappa shape index (κ2) is 7.20. The maximum atomic E-state index is 12.9. The van der Waals surface area contributed by atoms with Crippen molar-refractivity contribution in [2.75, 3.05) is 23.3 Å². The number of pyridine rings is 1. The van der Waals surface area contributed by atoms with E-state index >= 15 is 0 Å². The van der Waals surface area contributed by atoms with Crippen molar-refractivity contribution in [3.63, 3.8) is 0 Å². The van der Waals surface area contributed by atoms with Crippen LogP contribution in [0.2, 0.25) is 0 Å². The Morgan fingerprint density at radius 1 is 1.12 bits per heavy atom. The topological polar surface area (TPSA) is 49.6 Å². The van der Waals surface area contributed by atoms with E-state index in [1.165, 1.54) is 5.69 Å². The van der Waals surface area contributed by atoms with Crippen LogP contribution in [-0.2, 0) is 0 Å². The van der Waals surface area contributed by atoms with Crippen LogP contribution in [0.4, 0.5) is 11.4 Å². The van der Waals surface area contributed by atoms with Crippen LogP contribution in [0.3, 0.4) is 0 Å². The number of rotatable bonds is 5. The average molecular weight is 350 g/mol. The molecule has 0 radical (unpaired) electrons. The third-order valence-corrected chi connectivity index (χ3v) is 4.74. The normalized spacial score (nSPS) is 11.0. The zero-order valence-electron chi connectivity index (χ0n) is 16.1. The van der Waals surface area contributed by atoms with Gasteiger partial charge in [0, 0.05) is 30.7 Å². The van der Waals surface area contributed by atoms with E-state index in [0.717, 1.165) is 41.2 Å². The number of aromatic nitrogens is 2. The summed E-state index contributed by atoms with van der Waals surface area (Å²) >= 11 is 0. The maximum Gasteiger partial charge on any atom is 0.274 e. The number of hydrogen-bond donors (Lipinski definition) is 1. The fraction of sp³-hybridized carbons (Fsp3) is 0.333. The van der Waals surface area contributed by atoms with E-state index in [1.54, 1.807) is 0 Å². The fourth-order valence-corrected chi connectivity index (χ4v) is 3.30. The molecule has 0 unspecified atom stereocenters. The number of carbonyl (C=O) groups is 1. The number of amides is 1. The predicted octanol–water partition coefficient (Wildman–Crippen LogP) is 4.36. The van der Waals surface area contributed by atoms with E-state index in [2.05, 4.69) is 41.2 Å². The molecule has 1 aromatic carbocycles. The zero-order chi connectivity index (χ0) is 18.8. The quantitative estimate of drug-likeness (QED) is 0.744. The number of aryl methyl sites for hydroxylation is 3. The van der Waals surface area contributed by atoms with Crippen molar-refractivity contribution in [3.8, 4) is 0 Å². The molecule has 3 aromatic rings. The summed E-state index contributed by atoms with van der Waals surface area (Å²) in [7, 11) is 0. The molecule has 1 N–H and O–H groups in total. The molecule has 2 heterocycles. The molecule has 5 heteroatoms. The predicted molar refractivity (Wildman–Crippen MR) is 107 cm³/mol. The van der Waals surface area contributed by atoms with Gasteiger partial charge in [0.1, 0.15) is 11.3 Å². The van der Waals surface area contributed by atoms with Crippen molar-refractivity contribution in [1.29, 1.82) is 0 Å². The first-order chi connectivity index (χ1) is 12.4. The standard InChI is InChI=1S/C21H26N4O/c1-6-24(7-2)17-9-10-18(15(4)12-17)23-21(26)20-16(5)22-19-11-8-14(3)13-25(19)20/h8-13H,6-7H2,1-5H3,(H,23,26). The number of anilines is 2. The number of nitrogens with zero attached hydrogens (tertiary/aromatic N) is 3. The van der Waals surface area contributed by atoms with Crippen LogP contribution in [0.15, 0.2) is 36.5 Å². The maximum absolute atomic E-state index is 12.9. The highest BCUT2D eigenvalue weighted by Gasteiger charge is 2.17. The van der Waals surface area contributed by atoms with Crippen molar-refractivity contribution in [3.05, 3.63) is 59.0 Å². The summed E-state index contributed by atoms with van der Waals surface area (Å²) in [5, 5.41) is 3.05. The minimum atomic E-state index is -0.140.